The van der Waals surface area contributed by atoms with E-state index < -0.39 is 80.8 Å². The zero-order valence-corrected chi connectivity index (χ0v) is 38.9. The fraction of sp³-hybridized carbons (Fsp3) is 0.455. The standard InChI is InChI=1S/C44H57N3O12S3/c1-27(48)36(26-60-38(29-12-18-33(19-13-29)61(8)55)30-14-20-34(21-15-30)62(9)56)46-39(50)35(47-42(54)59-44(5,6)7)22-23-45-41(53)57-32-16-10-28(11-17-32)24-31(40(51)52)25-37(49)58-43(2,3)4/h10-21,31,35-36,38H,22-26H2,1-9H3,(H,45,53)(H,46,50)(H,47,54)(H,51,52). The van der Waals surface area contributed by atoms with Crippen LogP contribution in [0.4, 0.5) is 9.59 Å². The first-order chi connectivity index (χ1) is 28.9. The van der Waals surface area contributed by atoms with Crippen LogP contribution < -0.4 is 20.7 Å². The highest BCUT2D eigenvalue weighted by Gasteiger charge is 2.29. The van der Waals surface area contributed by atoms with Crippen LogP contribution in [0, 0.1) is 5.92 Å². The second kappa shape index (κ2) is 23.4. The third-order valence-corrected chi connectivity index (χ3v) is 12.0. The van der Waals surface area contributed by atoms with Gasteiger partial charge in [0, 0.05) is 56.2 Å². The number of esters is 1. The number of benzene rings is 3. The van der Waals surface area contributed by atoms with E-state index in [2.05, 4.69) is 16.0 Å². The quantitative estimate of drug-likeness (QED) is 0.0943. The number of carboxylic acid groups (broad SMARTS) is 1. The molecule has 62 heavy (non-hydrogen) atoms. The van der Waals surface area contributed by atoms with Crippen molar-refractivity contribution in [2.24, 2.45) is 5.92 Å². The normalized spacial score (nSPS) is 14.5. The monoisotopic (exact) mass is 915 g/mol. The molecular formula is C44H57N3O12S3. The lowest BCUT2D eigenvalue weighted by Crippen LogP contribution is -2.53. The lowest BCUT2D eigenvalue weighted by Gasteiger charge is -2.26. The van der Waals surface area contributed by atoms with Crippen LogP contribution >= 0.6 is 11.8 Å². The molecule has 0 fully saturated rings. The summed E-state index contributed by atoms with van der Waals surface area (Å²) in [6.45, 7) is 11.2. The summed E-state index contributed by atoms with van der Waals surface area (Å²) in [6, 6.07) is 18.3. The number of carbonyl (C=O) groups is 6. The highest BCUT2D eigenvalue weighted by molar-refractivity contribution is 7.99. The largest absolute Gasteiger partial charge is 0.481 e. The second-order valence-corrected chi connectivity index (χ2v) is 20.3. The van der Waals surface area contributed by atoms with Crippen molar-refractivity contribution in [3.63, 3.8) is 0 Å². The molecule has 18 heteroatoms. The number of rotatable bonds is 20. The number of alkyl carbamates (subject to hydrolysis) is 1. The SMILES string of the molecule is CC(=O)C(CSC(c1ccc(S(C)=O)cc1)c1ccc(S(C)=O)cc1)NC(=O)C(CCNC(=O)Oc1ccc(CC(CC(=O)OC(C)(C)C)C(=O)O)cc1)NC(=O)OC(C)(C)C. The summed E-state index contributed by atoms with van der Waals surface area (Å²) in [5, 5.41) is 17.2. The first kappa shape index (κ1) is 51.3. The predicted octanol–water partition coefficient (Wildman–Crippen LogP) is 6.10. The number of Topliss-reactive ketones (excluding diaryl/α,β-unsaturated/α-hetero) is 1. The zero-order chi connectivity index (χ0) is 46.4. The van der Waals surface area contributed by atoms with Gasteiger partial charge in [0.25, 0.3) is 0 Å². The summed E-state index contributed by atoms with van der Waals surface area (Å²) in [7, 11) is -2.39. The maximum atomic E-state index is 13.8. The van der Waals surface area contributed by atoms with E-state index >= 15 is 0 Å². The molecule has 0 heterocycles. The molecule has 338 valence electrons. The smallest absolute Gasteiger partial charge is 0.412 e. The van der Waals surface area contributed by atoms with Crippen molar-refractivity contribution in [2.75, 3.05) is 24.8 Å². The molecule has 0 saturated carbocycles. The number of ether oxygens (including phenoxy) is 3. The molecule has 0 aliphatic rings. The van der Waals surface area contributed by atoms with E-state index in [-0.39, 0.29) is 48.3 Å². The molecule has 3 amide bonds. The van der Waals surface area contributed by atoms with Gasteiger partial charge in [-0.15, -0.1) is 11.8 Å². The van der Waals surface area contributed by atoms with Crippen molar-refractivity contribution in [3.05, 3.63) is 89.5 Å². The number of hydrogen-bond donors (Lipinski definition) is 4. The molecule has 0 aliphatic carbocycles. The van der Waals surface area contributed by atoms with Crippen LogP contribution in [0.15, 0.2) is 82.6 Å². The summed E-state index contributed by atoms with van der Waals surface area (Å²) in [6.07, 6.45) is 1.00. The Morgan fingerprint density at radius 1 is 0.710 bits per heavy atom. The zero-order valence-electron chi connectivity index (χ0n) is 36.4. The Labute approximate surface area is 372 Å². The van der Waals surface area contributed by atoms with Gasteiger partial charge >= 0.3 is 24.1 Å². The molecule has 5 atom stereocenters. The van der Waals surface area contributed by atoms with E-state index in [0.717, 1.165) is 11.1 Å². The molecule has 3 aromatic carbocycles. The van der Waals surface area contributed by atoms with Crippen molar-refractivity contribution in [1.29, 1.82) is 0 Å². The number of amides is 3. The van der Waals surface area contributed by atoms with Gasteiger partial charge in [-0.1, -0.05) is 36.4 Å². The molecule has 3 aromatic rings. The summed E-state index contributed by atoms with van der Waals surface area (Å²) in [5.74, 6) is -3.60. The molecule has 0 spiro atoms. The molecule has 4 N–H and O–H groups in total. The summed E-state index contributed by atoms with van der Waals surface area (Å²) in [5.41, 5.74) is 0.640. The van der Waals surface area contributed by atoms with Crippen LogP contribution in [0.25, 0.3) is 0 Å². The summed E-state index contributed by atoms with van der Waals surface area (Å²) in [4.78, 5) is 77.7. The van der Waals surface area contributed by atoms with Crippen molar-refractivity contribution in [3.8, 4) is 5.75 Å². The fourth-order valence-corrected chi connectivity index (χ4v) is 8.21. The third-order valence-electron chi connectivity index (χ3n) is 8.77. The Balaban J connectivity index is 1.70. The molecule has 3 rings (SSSR count). The van der Waals surface area contributed by atoms with Crippen molar-refractivity contribution in [1.82, 2.24) is 16.0 Å². The minimum atomic E-state index is -1.25. The Morgan fingerprint density at radius 2 is 1.23 bits per heavy atom. The van der Waals surface area contributed by atoms with Crippen LogP contribution in [0.3, 0.4) is 0 Å². The molecule has 15 nitrogen and oxygen atoms in total. The number of nitrogens with one attached hydrogen (secondary N) is 3. The van der Waals surface area contributed by atoms with Crippen molar-refractivity contribution >= 4 is 69.2 Å². The average Bonchev–Trinajstić information content (AvgIpc) is 3.16. The van der Waals surface area contributed by atoms with Crippen molar-refractivity contribution < 1.29 is 56.5 Å². The van der Waals surface area contributed by atoms with Gasteiger partial charge < -0.3 is 35.3 Å². The number of thioether (sulfide) groups is 1. The van der Waals surface area contributed by atoms with Crippen LogP contribution in [0.5, 0.6) is 5.75 Å². The maximum Gasteiger partial charge on any atom is 0.412 e. The molecular weight excluding hydrogens is 859 g/mol. The van der Waals surface area contributed by atoms with Gasteiger partial charge in [0.05, 0.1) is 23.6 Å². The summed E-state index contributed by atoms with van der Waals surface area (Å²) < 4.78 is 40.1. The Morgan fingerprint density at radius 3 is 1.68 bits per heavy atom. The number of carbonyl (C=O) groups excluding carboxylic acids is 5. The van der Waals surface area contributed by atoms with Crippen LogP contribution in [-0.2, 0) is 56.7 Å². The number of hydrogen-bond acceptors (Lipinski definition) is 12. The summed E-state index contributed by atoms with van der Waals surface area (Å²) >= 11 is 1.38. The highest BCUT2D eigenvalue weighted by atomic mass is 32.2. The first-order valence-corrected chi connectivity index (χ1v) is 23.8. The van der Waals surface area contributed by atoms with E-state index in [0.29, 0.717) is 15.4 Å². The van der Waals surface area contributed by atoms with E-state index in [4.69, 9.17) is 14.2 Å². The van der Waals surface area contributed by atoms with Gasteiger partial charge in [0.1, 0.15) is 23.0 Å². The minimum absolute atomic E-state index is 0.0345. The minimum Gasteiger partial charge on any atom is -0.481 e. The van der Waals surface area contributed by atoms with Gasteiger partial charge in [-0.3, -0.25) is 27.6 Å². The van der Waals surface area contributed by atoms with Gasteiger partial charge in [-0.25, -0.2) is 9.59 Å². The first-order valence-electron chi connectivity index (χ1n) is 19.7. The van der Waals surface area contributed by atoms with Crippen LogP contribution in [-0.4, -0.2) is 97.4 Å². The lowest BCUT2D eigenvalue weighted by atomic mass is 9.96. The van der Waals surface area contributed by atoms with Crippen LogP contribution in [0.1, 0.15) is 83.2 Å². The van der Waals surface area contributed by atoms with Crippen molar-refractivity contribution in [2.45, 2.75) is 106 Å². The third kappa shape index (κ3) is 18.1. The predicted molar refractivity (Wildman–Crippen MR) is 238 cm³/mol. The second-order valence-electron chi connectivity index (χ2n) is 16.4. The van der Waals surface area contributed by atoms with E-state index in [1.165, 1.54) is 30.8 Å². The van der Waals surface area contributed by atoms with Gasteiger partial charge in [-0.2, -0.15) is 0 Å². The Bertz CT molecular complexity index is 2020. The Kier molecular flexibility index (Phi) is 19.4. The molecule has 0 aromatic heterocycles. The number of aliphatic carboxylic acids is 1. The highest BCUT2D eigenvalue weighted by Crippen LogP contribution is 2.37. The fourth-order valence-electron chi connectivity index (χ4n) is 5.77. The van der Waals surface area contributed by atoms with Gasteiger partial charge in [0.2, 0.25) is 5.91 Å². The average molecular weight is 916 g/mol. The van der Waals surface area contributed by atoms with E-state index in [9.17, 15) is 42.3 Å². The molecule has 0 radical (unpaired) electrons. The molecule has 5 unspecified atom stereocenters. The number of ketones is 1. The Hall–Kier alpha value is -5.07. The van der Waals surface area contributed by atoms with E-state index in [1.807, 2.05) is 24.3 Å². The number of carboxylic acids is 1. The lowest BCUT2D eigenvalue weighted by molar-refractivity contribution is -0.159. The topological polar surface area (TPSA) is 221 Å². The molecule has 0 saturated heterocycles. The van der Waals surface area contributed by atoms with E-state index in [1.54, 1.807) is 90.5 Å². The van der Waals surface area contributed by atoms with Gasteiger partial charge in [-0.05, 0) is 114 Å². The molecule has 0 aliphatic heterocycles. The van der Waals surface area contributed by atoms with Gasteiger partial charge in [0.15, 0.2) is 5.78 Å². The van der Waals surface area contributed by atoms with Crippen LogP contribution in [0.2, 0.25) is 0 Å². The molecule has 0 bridgehead atoms. The maximum absolute atomic E-state index is 13.8.